The van der Waals surface area contributed by atoms with Gasteiger partial charge in [-0.1, -0.05) is 6.07 Å². The van der Waals surface area contributed by atoms with Crippen molar-refractivity contribution in [3.63, 3.8) is 0 Å². The largest absolute Gasteiger partial charge is 0.342 e. The predicted molar refractivity (Wildman–Crippen MR) is 71.6 cm³/mol. The summed E-state index contributed by atoms with van der Waals surface area (Å²) < 4.78 is 22.8. The van der Waals surface area contributed by atoms with Crippen LogP contribution in [0, 0.1) is 13.8 Å². The Kier molecular flexibility index (Phi) is 4.40. The Morgan fingerprint density at radius 1 is 1.28 bits per heavy atom. The van der Waals surface area contributed by atoms with E-state index in [-0.39, 0.29) is 10.8 Å². The van der Waals surface area contributed by atoms with Gasteiger partial charge in [-0.2, -0.15) is 0 Å². The SMILES string of the molecule is CCN(C)C(=O)c1cc(S(=O)(=O)Cl)c(C)cc1C. The lowest BCUT2D eigenvalue weighted by molar-refractivity contribution is 0.0801. The molecular formula is C12H16ClNO3S. The van der Waals surface area contributed by atoms with Crippen LogP contribution in [0.4, 0.5) is 0 Å². The molecule has 6 heteroatoms. The van der Waals surface area contributed by atoms with Crippen LogP contribution in [0.1, 0.15) is 28.4 Å². The van der Waals surface area contributed by atoms with Crippen LogP contribution < -0.4 is 0 Å². The Morgan fingerprint density at radius 2 is 1.83 bits per heavy atom. The van der Waals surface area contributed by atoms with Crippen molar-refractivity contribution in [3.05, 3.63) is 28.8 Å². The zero-order valence-corrected chi connectivity index (χ0v) is 12.4. The number of hydrogen-bond acceptors (Lipinski definition) is 3. The van der Waals surface area contributed by atoms with E-state index in [9.17, 15) is 13.2 Å². The van der Waals surface area contributed by atoms with E-state index in [1.165, 1.54) is 11.0 Å². The summed E-state index contributed by atoms with van der Waals surface area (Å²) in [5, 5.41) is 0. The molecule has 0 aliphatic heterocycles. The summed E-state index contributed by atoms with van der Waals surface area (Å²) in [6, 6.07) is 3.01. The second-order valence-corrected chi connectivity index (χ2v) is 6.72. The minimum absolute atomic E-state index is 0.0115. The highest BCUT2D eigenvalue weighted by molar-refractivity contribution is 8.13. The van der Waals surface area contributed by atoms with E-state index in [1.54, 1.807) is 27.0 Å². The van der Waals surface area contributed by atoms with Gasteiger partial charge in [0, 0.05) is 29.8 Å². The first-order valence-corrected chi connectivity index (χ1v) is 7.80. The normalized spacial score (nSPS) is 11.4. The van der Waals surface area contributed by atoms with Gasteiger partial charge in [-0.15, -0.1) is 0 Å². The van der Waals surface area contributed by atoms with E-state index < -0.39 is 9.05 Å². The molecule has 0 aliphatic carbocycles. The van der Waals surface area contributed by atoms with Crippen LogP contribution >= 0.6 is 10.7 Å². The molecule has 100 valence electrons. The maximum absolute atomic E-state index is 12.1. The van der Waals surface area contributed by atoms with Crippen molar-refractivity contribution in [2.45, 2.75) is 25.7 Å². The molecule has 0 aliphatic rings. The van der Waals surface area contributed by atoms with Crippen LogP contribution in [0.25, 0.3) is 0 Å². The molecular weight excluding hydrogens is 274 g/mol. The molecule has 4 nitrogen and oxygen atoms in total. The summed E-state index contributed by atoms with van der Waals surface area (Å²) >= 11 is 0. The standard InChI is InChI=1S/C12H16ClNO3S/c1-5-14(4)12(15)10-7-11(18(13,16)17)9(3)6-8(10)2/h6-7H,5H2,1-4H3. The van der Waals surface area contributed by atoms with Gasteiger partial charge in [0.05, 0.1) is 4.90 Å². The van der Waals surface area contributed by atoms with E-state index in [2.05, 4.69) is 0 Å². The summed E-state index contributed by atoms with van der Waals surface area (Å²) in [6.45, 7) is 5.82. The smallest absolute Gasteiger partial charge is 0.261 e. The zero-order valence-electron chi connectivity index (χ0n) is 10.8. The van der Waals surface area contributed by atoms with Crippen LogP contribution in [-0.4, -0.2) is 32.8 Å². The Morgan fingerprint density at radius 3 is 2.28 bits per heavy atom. The van der Waals surface area contributed by atoms with Gasteiger partial charge >= 0.3 is 0 Å². The number of amides is 1. The molecule has 0 saturated heterocycles. The third-order valence-corrected chi connectivity index (χ3v) is 4.30. The Hall–Kier alpha value is -1.07. The molecule has 0 heterocycles. The molecule has 1 amide bonds. The average molecular weight is 290 g/mol. The first-order valence-electron chi connectivity index (χ1n) is 5.49. The summed E-state index contributed by atoms with van der Waals surface area (Å²) in [6.07, 6.45) is 0. The third kappa shape index (κ3) is 3.03. The van der Waals surface area contributed by atoms with Crippen molar-refractivity contribution in [1.29, 1.82) is 0 Å². The monoisotopic (exact) mass is 289 g/mol. The van der Waals surface area contributed by atoms with Gasteiger partial charge < -0.3 is 4.90 Å². The van der Waals surface area contributed by atoms with Gasteiger partial charge in [0.1, 0.15) is 0 Å². The molecule has 0 aromatic heterocycles. The minimum Gasteiger partial charge on any atom is -0.342 e. The number of benzene rings is 1. The summed E-state index contributed by atoms with van der Waals surface area (Å²) in [5.74, 6) is -0.212. The lowest BCUT2D eigenvalue weighted by Gasteiger charge is -2.17. The van der Waals surface area contributed by atoms with E-state index in [4.69, 9.17) is 10.7 Å². The van der Waals surface area contributed by atoms with Crippen LogP contribution in [0.2, 0.25) is 0 Å². The highest BCUT2D eigenvalue weighted by Crippen LogP contribution is 2.24. The van der Waals surface area contributed by atoms with Crippen LogP contribution in [0.5, 0.6) is 0 Å². The molecule has 0 fully saturated rings. The van der Waals surface area contributed by atoms with Crippen molar-refractivity contribution in [2.75, 3.05) is 13.6 Å². The van der Waals surface area contributed by atoms with E-state index in [0.717, 1.165) is 5.56 Å². The highest BCUT2D eigenvalue weighted by atomic mass is 35.7. The average Bonchev–Trinajstić information content (AvgIpc) is 2.25. The first-order chi connectivity index (χ1) is 8.18. The fraction of sp³-hybridized carbons (Fsp3) is 0.417. The molecule has 0 saturated carbocycles. The molecule has 0 radical (unpaired) electrons. The van der Waals surface area contributed by atoms with Gasteiger partial charge in [0.25, 0.3) is 15.0 Å². The number of nitrogens with zero attached hydrogens (tertiary/aromatic N) is 1. The zero-order chi connectivity index (χ0) is 14.1. The topological polar surface area (TPSA) is 54.5 Å². The predicted octanol–water partition coefficient (Wildman–Crippen LogP) is 2.32. The highest BCUT2D eigenvalue weighted by Gasteiger charge is 2.20. The van der Waals surface area contributed by atoms with Crippen LogP contribution in [0.3, 0.4) is 0 Å². The molecule has 1 aromatic rings. The van der Waals surface area contributed by atoms with E-state index in [0.29, 0.717) is 17.7 Å². The first kappa shape index (κ1) is 15.0. The maximum Gasteiger partial charge on any atom is 0.261 e. The van der Waals surface area contributed by atoms with Gasteiger partial charge in [0.2, 0.25) is 0 Å². The molecule has 1 aromatic carbocycles. The molecule has 1 rings (SSSR count). The Balaban J connectivity index is 3.44. The van der Waals surface area contributed by atoms with Crippen LogP contribution in [0.15, 0.2) is 17.0 Å². The molecule has 0 spiro atoms. The van der Waals surface area contributed by atoms with Crippen molar-refractivity contribution in [2.24, 2.45) is 0 Å². The second kappa shape index (κ2) is 5.28. The van der Waals surface area contributed by atoms with E-state index >= 15 is 0 Å². The summed E-state index contributed by atoms with van der Waals surface area (Å²) in [4.78, 5) is 13.6. The lowest BCUT2D eigenvalue weighted by atomic mass is 10.0. The van der Waals surface area contributed by atoms with Crippen LogP contribution in [-0.2, 0) is 9.05 Å². The van der Waals surface area contributed by atoms with Gasteiger partial charge in [-0.25, -0.2) is 8.42 Å². The third-order valence-electron chi connectivity index (χ3n) is 2.84. The molecule has 0 unspecified atom stereocenters. The van der Waals surface area contributed by atoms with Crippen molar-refractivity contribution >= 4 is 25.6 Å². The summed E-state index contributed by atoms with van der Waals surface area (Å²) in [5.41, 5.74) is 1.64. The Labute approximate surface area is 112 Å². The molecule has 0 atom stereocenters. The summed E-state index contributed by atoms with van der Waals surface area (Å²) in [7, 11) is 3.18. The number of carbonyl (C=O) groups excluding carboxylic acids is 1. The van der Waals surface area contributed by atoms with Gasteiger partial charge in [0.15, 0.2) is 0 Å². The molecule has 0 bridgehead atoms. The number of aryl methyl sites for hydroxylation is 2. The lowest BCUT2D eigenvalue weighted by Crippen LogP contribution is -2.27. The van der Waals surface area contributed by atoms with Crippen molar-refractivity contribution in [3.8, 4) is 0 Å². The maximum atomic E-state index is 12.1. The fourth-order valence-electron chi connectivity index (χ4n) is 1.67. The number of halogens is 1. The fourth-order valence-corrected chi connectivity index (χ4v) is 2.88. The quantitative estimate of drug-likeness (QED) is 0.803. The second-order valence-electron chi connectivity index (χ2n) is 4.19. The molecule has 18 heavy (non-hydrogen) atoms. The Bertz CT molecular complexity index is 581. The van der Waals surface area contributed by atoms with Gasteiger partial charge in [-0.05, 0) is 38.0 Å². The van der Waals surface area contributed by atoms with Crippen molar-refractivity contribution < 1.29 is 13.2 Å². The minimum atomic E-state index is -3.84. The molecule has 0 N–H and O–H groups in total. The van der Waals surface area contributed by atoms with Crippen molar-refractivity contribution in [1.82, 2.24) is 4.90 Å². The number of carbonyl (C=O) groups is 1. The van der Waals surface area contributed by atoms with E-state index in [1.807, 2.05) is 6.92 Å². The van der Waals surface area contributed by atoms with Gasteiger partial charge in [-0.3, -0.25) is 4.79 Å². The number of rotatable bonds is 3. The number of hydrogen-bond donors (Lipinski definition) is 0.